The first-order chi connectivity index (χ1) is 12.1. The van der Waals surface area contributed by atoms with Crippen molar-refractivity contribution in [1.29, 1.82) is 0 Å². The van der Waals surface area contributed by atoms with E-state index >= 15 is 0 Å². The van der Waals surface area contributed by atoms with Gasteiger partial charge in [0.25, 0.3) is 0 Å². The number of aromatic nitrogens is 2. The average molecular weight is 339 g/mol. The molecule has 25 heavy (non-hydrogen) atoms. The van der Waals surface area contributed by atoms with Gasteiger partial charge in [-0.3, -0.25) is 14.3 Å². The van der Waals surface area contributed by atoms with E-state index in [0.717, 1.165) is 31.2 Å². The molecule has 1 N–H and O–H groups in total. The third-order valence-electron chi connectivity index (χ3n) is 4.99. The number of Topliss-reactive ketones (excluding diaryl/α,β-unsaturated/α-hetero) is 1. The fourth-order valence-electron chi connectivity index (χ4n) is 3.36. The Bertz CT molecular complexity index is 707. The number of ketones is 1. The van der Waals surface area contributed by atoms with E-state index in [4.69, 9.17) is 0 Å². The van der Waals surface area contributed by atoms with E-state index < -0.39 is 0 Å². The van der Waals surface area contributed by atoms with Crippen LogP contribution in [-0.2, 0) is 22.6 Å². The topological polar surface area (TPSA) is 64.0 Å². The van der Waals surface area contributed by atoms with E-state index in [9.17, 15) is 9.59 Å². The molecule has 132 valence electrons. The molecule has 0 aliphatic heterocycles. The summed E-state index contributed by atoms with van der Waals surface area (Å²) in [4.78, 5) is 24.1. The molecule has 0 unspecified atom stereocenters. The Labute approximate surface area is 148 Å². The van der Waals surface area contributed by atoms with Gasteiger partial charge in [0.1, 0.15) is 5.78 Å². The van der Waals surface area contributed by atoms with Crippen molar-refractivity contribution in [3.8, 4) is 0 Å². The van der Waals surface area contributed by atoms with Gasteiger partial charge in [0.15, 0.2) is 0 Å². The smallest absolute Gasteiger partial charge is 0.227 e. The van der Waals surface area contributed by atoms with Gasteiger partial charge in [0, 0.05) is 31.3 Å². The van der Waals surface area contributed by atoms with Crippen LogP contribution in [-0.4, -0.2) is 28.0 Å². The lowest BCUT2D eigenvalue weighted by Crippen LogP contribution is -2.31. The summed E-state index contributed by atoms with van der Waals surface area (Å²) in [6.07, 6.45) is 7.20. The standard InChI is InChI=1S/C20H25N3O2/c1-15(20(25)21-11-13-23-12-3-10-22-23)17-8-6-16(7-9-17)14-18-4-2-5-19(18)24/h3,6-10,12,15,18H,2,4-5,11,13-14H2,1H3,(H,21,25)/t15-,18-/m1/s1. The summed E-state index contributed by atoms with van der Waals surface area (Å²) in [5, 5.41) is 7.07. The Hall–Kier alpha value is -2.43. The second-order valence-corrected chi connectivity index (χ2v) is 6.78. The van der Waals surface area contributed by atoms with Crippen LogP contribution in [0.2, 0.25) is 0 Å². The minimum atomic E-state index is -0.195. The highest BCUT2D eigenvalue weighted by Crippen LogP contribution is 2.25. The Kier molecular flexibility index (Phi) is 5.64. The first-order valence-electron chi connectivity index (χ1n) is 9.00. The number of carbonyl (C=O) groups excluding carboxylic acids is 2. The monoisotopic (exact) mass is 339 g/mol. The van der Waals surface area contributed by atoms with Gasteiger partial charge in [0.05, 0.1) is 12.5 Å². The summed E-state index contributed by atoms with van der Waals surface area (Å²) in [5.41, 5.74) is 2.17. The predicted octanol–water partition coefficient (Wildman–Crippen LogP) is 2.71. The quantitative estimate of drug-likeness (QED) is 0.843. The molecule has 1 aromatic carbocycles. The van der Waals surface area contributed by atoms with Crippen LogP contribution in [0.25, 0.3) is 0 Å². The van der Waals surface area contributed by atoms with E-state index in [1.807, 2.05) is 31.3 Å². The van der Waals surface area contributed by atoms with Gasteiger partial charge in [-0.2, -0.15) is 5.10 Å². The van der Waals surface area contributed by atoms with E-state index in [0.29, 0.717) is 18.9 Å². The highest BCUT2D eigenvalue weighted by molar-refractivity contribution is 5.83. The molecule has 0 bridgehead atoms. The summed E-state index contributed by atoms with van der Waals surface area (Å²) in [7, 11) is 0. The molecule has 0 saturated heterocycles. The van der Waals surface area contributed by atoms with Gasteiger partial charge < -0.3 is 5.32 Å². The maximum absolute atomic E-state index is 12.3. The third-order valence-corrected chi connectivity index (χ3v) is 4.99. The molecule has 3 rings (SSSR count). The second kappa shape index (κ2) is 8.10. The molecule has 1 saturated carbocycles. The zero-order valence-electron chi connectivity index (χ0n) is 14.6. The van der Waals surface area contributed by atoms with Crippen LogP contribution in [0.1, 0.15) is 43.2 Å². The highest BCUT2D eigenvalue weighted by Gasteiger charge is 2.24. The molecule has 1 aromatic heterocycles. The number of rotatable bonds is 7. The molecule has 1 aliphatic carbocycles. The molecular weight excluding hydrogens is 314 g/mol. The lowest BCUT2D eigenvalue weighted by atomic mass is 9.94. The van der Waals surface area contributed by atoms with Crippen LogP contribution in [0.5, 0.6) is 0 Å². The predicted molar refractivity (Wildman–Crippen MR) is 96.1 cm³/mol. The van der Waals surface area contributed by atoms with Crippen molar-refractivity contribution in [1.82, 2.24) is 15.1 Å². The SMILES string of the molecule is C[C@@H](C(=O)NCCn1cccn1)c1ccc(C[C@H]2CCCC2=O)cc1. The molecule has 5 heteroatoms. The molecule has 1 amide bonds. The molecule has 2 aromatic rings. The summed E-state index contributed by atoms with van der Waals surface area (Å²) in [6, 6.07) is 9.98. The summed E-state index contributed by atoms with van der Waals surface area (Å²) in [6.45, 7) is 3.14. The van der Waals surface area contributed by atoms with Crippen molar-refractivity contribution >= 4 is 11.7 Å². The van der Waals surface area contributed by atoms with Crippen LogP contribution in [0.15, 0.2) is 42.7 Å². The van der Waals surface area contributed by atoms with Crippen LogP contribution in [0.4, 0.5) is 0 Å². The van der Waals surface area contributed by atoms with Crippen LogP contribution >= 0.6 is 0 Å². The van der Waals surface area contributed by atoms with Gasteiger partial charge in [-0.25, -0.2) is 0 Å². The first-order valence-corrected chi connectivity index (χ1v) is 9.00. The highest BCUT2D eigenvalue weighted by atomic mass is 16.1. The van der Waals surface area contributed by atoms with Crippen molar-refractivity contribution in [2.75, 3.05) is 6.54 Å². The minimum Gasteiger partial charge on any atom is -0.354 e. The molecule has 0 spiro atoms. The average Bonchev–Trinajstić information content (AvgIpc) is 3.27. The van der Waals surface area contributed by atoms with Gasteiger partial charge in [0.2, 0.25) is 5.91 Å². The number of nitrogens with one attached hydrogen (secondary N) is 1. The fourth-order valence-corrected chi connectivity index (χ4v) is 3.36. The largest absolute Gasteiger partial charge is 0.354 e. The number of amides is 1. The normalized spacial score (nSPS) is 18.3. The Morgan fingerprint density at radius 3 is 2.80 bits per heavy atom. The number of benzene rings is 1. The molecule has 2 atom stereocenters. The number of carbonyl (C=O) groups is 2. The molecule has 1 aliphatic rings. The summed E-state index contributed by atoms with van der Waals surface area (Å²) >= 11 is 0. The minimum absolute atomic E-state index is 0.0193. The van der Waals surface area contributed by atoms with Gasteiger partial charge >= 0.3 is 0 Å². The Morgan fingerprint density at radius 2 is 2.16 bits per heavy atom. The Morgan fingerprint density at radius 1 is 1.36 bits per heavy atom. The van der Waals surface area contributed by atoms with Gasteiger partial charge in [-0.15, -0.1) is 0 Å². The number of hydrogen-bond acceptors (Lipinski definition) is 3. The zero-order chi connectivity index (χ0) is 17.6. The lowest BCUT2D eigenvalue weighted by molar-refractivity contribution is -0.122. The Balaban J connectivity index is 1.50. The van der Waals surface area contributed by atoms with Crippen molar-refractivity contribution in [3.05, 3.63) is 53.9 Å². The lowest BCUT2D eigenvalue weighted by Gasteiger charge is -2.14. The first kappa shape index (κ1) is 17.4. The second-order valence-electron chi connectivity index (χ2n) is 6.78. The molecule has 1 heterocycles. The maximum Gasteiger partial charge on any atom is 0.227 e. The third kappa shape index (κ3) is 4.56. The molecule has 1 fully saturated rings. The molecule has 0 radical (unpaired) electrons. The fraction of sp³-hybridized carbons (Fsp3) is 0.450. The number of nitrogens with zero attached hydrogens (tertiary/aromatic N) is 2. The molecular formula is C20H25N3O2. The van der Waals surface area contributed by atoms with E-state index in [1.54, 1.807) is 10.9 Å². The maximum atomic E-state index is 12.3. The van der Waals surface area contributed by atoms with Crippen LogP contribution in [0, 0.1) is 5.92 Å². The van der Waals surface area contributed by atoms with Gasteiger partial charge in [-0.1, -0.05) is 24.3 Å². The van der Waals surface area contributed by atoms with Crippen LogP contribution < -0.4 is 5.32 Å². The van der Waals surface area contributed by atoms with Crippen molar-refractivity contribution in [2.24, 2.45) is 5.92 Å². The zero-order valence-corrected chi connectivity index (χ0v) is 14.6. The summed E-state index contributed by atoms with van der Waals surface area (Å²) in [5.74, 6) is 0.411. The molecule has 5 nitrogen and oxygen atoms in total. The van der Waals surface area contributed by atoms with Crippen LogP contribution in [0.3, 0.4) is 0 Å². The summed E-state index contributed by atoms with van der Waals surface area (Å²) < 4.78 is 1.80. The van der Waals surface area contributed by atoms with Gasteiger partial charge in [-0.05, 0) is 43.4 Å². The van der Waals surface area contributed by atoms with E-state index in [2.05, 4.69) is 22.5 Å². The van der Waals surface area contributed by atoms with Crippen molar-refractivity contribution < 1.29 is 9.59 Å². The van der Waals surface area contributed by atoms with E-state index in [-0.39, 0.29) is 17.7 Å². The van der Waals surface area contributed by atoms with Crippen molar-refractivity contribution in [2.45, 2.75) is 45.1 Å². The number of hydrogen-bond donors (Lipinski definition) is 1. The van der Waals surface area contributed by atoms with Crippen molar-refractivity contribution in [3.63, 3.8) is 0 Å². The van der Waals surface area contributed by atoms with E-state index in [1.165, 1.54) is 5.56 Å².